The number of nitrogens with one attached hydrogen (secondary N) is 1. The Morgan fingerprint density at radius 3 is 2.64 bits per heavy atom. The van der Waals surface area contributed by atoms with Crippen molar-refractivity contribution in [3.05, 3.63) is 78.0 Å². The molecule has 1 amide bonds. The van der Waals surface area contributed by atoms with E-state index in [0.717, 1.165) is 34.8 Å². The second kappa shape index (κ2) is 8.27. The molecule has 0 bridgehead atoms. The van der Waals surface area contributed by atoms with E-state index in [1.165, 1.54) is 11.6 Å². The number of aryl methyl sites for hydroxylation is 1. The maximum atomic E-state index is 12.2. The number of hydrogen-bond acceptors (Lipinski definition) is 4. The summed E-state index contributed by atoms with van der Waals surface area (Å²) < 4.78 is 1.84. The quantitative estimate of drug-likeness (QED) is 0.685. The molecule has 0 saturated carbocycles. The summed E-state index contributed by atoms with van der Waals surface area (Å²) in [6.45, 7) is 2.81. The van der Waals surface area contributed by atoms with E-state index in [2.05, 4.69) is 29.4 Å². The SMILES string of the molecule is Cc1ccc(-c2nn(-c3ccccc3)cc2/C=C/C(=O)NC2=NCCS2)cc1. The smallest absolute Gasteiger partial charge is 0.249 e. The van der Waals surface area contributed by atoms with Crippen molar-refractivity contribution in [2.75, 3.05) is 12.3 Å². The lowest BCUT2D eigenvalue weighted by Gasteiger charge is -2.01. The van der Waals surface area contributed by atoms with Gasteiger partial charge in [0.05, 0.1) is 17.9 Å². The van der Waals surface area contributed by atoms with E-state index in [-0.39, 0.29) is 5.91 Å². The van der Waals surface area contributed by atoms with E-state index in [1.54, 1.807) is 17.8 Å². The van der Waals surface area contributed by atoms with Crippen LogP contribution in [0, 0.1) is 6.92 Å². The maximum Gasteiger partial charge on any atom is 0.249 e. The molecule has 5 nitrogen and oxygen atoms in total. The Hall–Kier alpha value is -3.12. The van der Waals surface area contributed by atoms with Crippen LogP contribution in [0.4, 0.5) is 0 Å². The Kier molecular flexibility index (Phi) is 5.39. The van der Waals surface area contributed by atoms with Crippen molar-refractivity contribution in [1.29, 1.82) is 0 Å². The molecule has 1 aliphatic heterocycles. The molecular formula is C22H20N4OS. The predicted molar refractivity (Wildman–Crippen MR) is 116 cm³/mol. The molecular weight excluding hydrogens is 368 g/mol. The highest BCUT2D eigenvalue weighted by molar-refractivity contribution is 8.14. The van der Waals surface area contributed by atoms with Crippen LogP contribution in [0.5, 0.6) is 0 Å². The minimum atomic E-state index is -0.185. The number of benzene rings is 2. The number of para-hydroxylation sites is 1. The van der Waals surface area contributed by atoms with Gasteiger partial charge in [-0.1, -0.05) is 59.8 Å². The van der Waals surface area contributed by atoms with Crippen LogP contribution >= 0.6 is 11.8 Å². The van der Waals surface area contributed by atoms with E-state index in [9.17, 15) is 4.79 Å². The lowest BCUT2D eigenvalue weighted by Crippen LogP contribution is -2.25. The molecule has 0 aliphatic carbocycles. The number of aromatic nitrogens is 2. The first kappa shape index (κ1) is 18.3. The molecule has 0 saturated heterocycles. The highest BCUT2D eigenvalue weighted by Crippen LogP contribution is 2.25. The molecule has 1 aliphatic rings. The van der Waals surface area contributed by atoms with Gasteiger partial charge in [-0.05, 0) is 25.1 Å². The van der Waals surface area contributed by atoms with Crippen LogP contribution in [0.15, 0.2) is 71.9 Å². The largest absolute Gasteiger partial charge is 0.302 e. The monoisotopic (exact) mass is 388 g/mol. The first-order valence-corrected chi connectivity index (χ1v) is 10.1. The number of thioether (sulfide) groups is 1. The van der Waals surface area contributed by atoms with Crippen LogP contribution in [-0.4, -0.2) is 33.2 Å². The molecule has 3 aromatic rings. The molecule has 0 atom stereocenters. The number of amides is 1. The number of hydrogen-bond donors (Lipinski definition) is 1. The predicted octanol–water partition coefficient (Wildman–Crippen LogP) is 4.08. The van der Waals surface area contributed by atoms with Gasteiger partial charge in [-0.25, -0.2) is 4.68 Å². The molecule has 4 rings (SSSR count). The number of carbonyl (C=O) groups is 1. The second-order valence-corrected chi connectivity index (χ2v) is 7.52. The van der Waals surface area contributed by atoms with Crippen molar-refractivity contribution in [1.82, 2.24) is 15.1 Å². The van der Waals surface area contributed by atoms with Crippen molar-refractivity contribution in [3.8, 4) is 16.9 Å². The van der Waals surface area contributed by atoms with Gasteiger partial charge in [-0.15, -0.1) is 0 Å². The number of nitrogens with zero attached hydrogens (tertiary/aromatic N) is 3. The Morgan fingerprint density at radius 1 is 1.14 bits per heavy atom. The third kappa shape index (κ3) is 4.23. The van der Waals surface area contributed by atoms with Crippen LogP contribution in [0.25, 0.3) is 23.0 Å². The lowest BCUT2D eigenvalue weighted by molar-refractivity contribution is -0.115. The Bertz CT molecular complexity index is 1040. The normalized spacial score (nSPS) is 13.7. The van der Waals surface area contributed by atoms with E-state index in [4.69, 9.17) is 5.10 Å². The van der Waals surface area contributed by atoms with E-state index >= 15 is 0 Å². The molecule has 0 unspecified atom stereocenters. The highest BCUT2D eigenvalue weighted by atomic mass is 32.2. The first-order chi connectivity index (χ1) is 13.7. The zero-order valence-electron chi connectivity index (χ0n) is 15.5. The zero-order valence-corrected chi connectivity index (χ0v) is 16.3. The molecule has 140 valence electrons. The van der Waals surface area contributed by atoms with Crippen LogP contribution in [0.1, 0.15) is 11.1 Å². The van der Waals surface area contributed by atoms with Gasteiger partial charge in [-0.3, -0.25) is 9.79 Å². The summed E-state index contributed by atoms with van der Waals surface area (Å²) in [4.78, 5) is 16.5. The molecule has 0 fully saturated rings. The number of rotatable bonds is 4. The Labute approximate surface area is 168 Å². The van der Waals surface area contributed by atoms with Gasteiger partial charge in [0, 0.05) is 29.2 Å². The topological polar surface area (TPSA) is 59.3 Å². The summed E-state index contributed by atoms with van der Waals surface area (Å²) in [5.74, 6) is 0.733. The van der Waals surface area contributed by atoms with Crippen LogP contribution in [-0.2, 0) is 4.79 Å². The average Bonchev–Trinajstić information content (AvgIpc) is 3.38. The van der Waals surface area contributed by atoms with E-state index in [1.807, 2.05) is 53.3 Å². The third-order valence-corrected chi connectivity index (χ3v) is 5.21. The van der Waals surface area contributed by atoms with Gasteiger partial charge >= 0.3 is 0 Å². The summed E-state index contributed by atoms with van der Waals surface area (Å²) >= 11 is 1.56. The fourth-order valence-corrected chi connectivity index (χ4v) is 3.61. The van der Waals surface area contributed by atoms with Crippen LogP contribution in [0.3, 0.4) is 0 Å². The van der Waals surface area contributed by atoms with Crippen molar-refractivity contribution in [2.45, 2.75) is 6.92 Å². The van der Waals surface area contributed by atoms with Gasteiger partial charge in [0.2, 0.25) is 5.91 Å². The fourth-order valence-electron chi connectivity index (χ4n) is 2.88. The molecule has 0 radical (unpaired) electrons. The third-order valence-electron chi connectivity index (χ3n) is 4.32. The summed E-state index contributed by atoms with van der Waals surface area (Å²) in [7, 11) is 0. The van der Waals surface area contributed by atoms with Crippen LogP contribution < -0.4 is 5.32 Å². The molecule has 1 aromatic heterocycles. The van der Waals surface area contributed by atoms with Gasteiger partial charge in [-0.2, -0.15) is 5.10 Å². The number of aliphatic imine (C=N–C) groups is 1. The molecule has 2 aromatic carbocycles. The maximum absolute atomic E-state index is 12.2. The standard InChI is InChI=1S/C22H20N4OS/c1-16-7-9-17(10-8-16)21-18(11-12-20(27)24-22-23-13-14-28-22)15-26(25-21)19-5-3-2-4-6-19/h2-12,15H,13-14H2,1H3,(H,23,24,27)/b12-11+. The van der Waals surface area contributed by atoms with Gasteiger partial charge < -0.3 is 5.32 Å². The Morgan fingerprint density at radius 2 is 1.93 bits per heavy atom. The van der Waals surface area contributed by atoms with Gasteiger partial charge in [0.1, 0.15) is 0 Å². The molecule has 28 heavy (non-hydrogen) atoms. The van der Waals surface area contributed by atoms with E-state index in [0.29, 0.717) is 5.17 Å². The van der Waals surface area contributed by atoms with Crippen molar-refractivity contribution >= 4 is 28.9 Å². The van der Waals surface area contributed by atoms with Crippen molar-refractivity contribution in [3.63, 3.8) is 0 Å². The fraction of sp³-hybridized carbons (Fsp3) is 0.136. The summed E-state index contributed by atoms with van der Waals surface area (Å²) in [6.07, 6.45) is 5.28. The highest BCUT2D eigenvalue weighted by Gasteiger charge is 2.12. The second-order valence-electron chi connectivity index (χ2n) is 6.44. The lowest BCUT2D eigenvalue weighted by atomic mass is 10.1. The molecule has 1 N–H and O–H groups in total. The minimum Gasteiger partial charge on any atom is -0.302 e. The zero-order chi connectivity index (χ0) is 19.3. The van der Waals surface area contributed by atoms with Gasteiger partial charge in [0.25, 0.3) is 0 Å². The van der Waals surface area contributed by atoms with Crippen molar-refractivity contribution < 1.29 is 4.79 Å². The number of amidine groups is 1. The molecule has 0 spiro atoms. The minimum absolute atomic E-state index is 0.185. The molecule has 6 heteroatoms. The number of carbonyl (C=O) groups excluding carboxylic acids is 1. The first-order valence-electron chi connectivity index (χ1n) is 9.07. The van der Waals surface area contributed by atoms with Crippen molar-refractivity contribution in [2.24, 2.45) is 4.99 Å². The molecule has 2 heterocycles. The summed E-state index contributed by atoms with van der Waals surface area (Å²) in [5.41, 5.74) is 4.88. The summed E-state index contributed by atoms with van der Waals surface area (Å²) in [6, 6.07) is 18.2. The average molecular weight is 388 g/mol. The Balaban J connectivity index is 1.65. The van der Waals surface area contributed by atoms with Gasteiger partial charge in [0.15, 0.2) is 5.17 Å². The van der Waals surface area contributed by atoms with Crippen LogP contribution in [0.2, 0.25) is 0 Å². The summed E-state index contributed by atoms with van der Waals surface area (Å²) in [5, 5.41) is 8.27. The van der Waals surface area contributed by atoms with E-state index < -0.39 is 0 Å².